The van der Waals surface area contributed by atoms with Crippen LogP contribution in [0.1, 0.15) is 24.0 Å². The first-order valence-electron chi connectivity index (χ1n) is 8.38. The molecule has 1 aliphatic rings. The smallest absolute Gasteiger partial charge is 0.354 e. The molecule has 0 radical (unpaired) electrons. The van der Waals surface area contributed by atoms with E-state index in [1.807, 2.05) is 6.07 Å². The van der Waals surface area contributed by atoms with Gasteiger partial charge >= 0.3 is 19.1 Å². The fourth-order valence-corrected chi connectivity index (χ4v) is 5.16. The summed E-state index contributed by atoms with van der Waals surface area (Å²) < 4.78 is 30.3. The van der Waals surface area contributed by atoms with Crippen molar-refractivity contribution in [3.8, 4) is 11.8 Å². The largest absolute Gasteiger partial charge is 0.468 e. The maximum Gasteiger partial charge on any atom is 0.354 e. The average molecular weight is 390 g/mol. The van der Waals surface area contributed by atoms with Crippen molar-refractivity contribution in [2.24, 2.45) is 0 Å². The summed E-state index contributed by atoms with van der Waals surface area (Å²) >= 11 is 0. The van der Waals surface area contributed by atoms with Crippen molar-refractivity contribution < 1.29 is 23.0 Å². The normalized spacial score (nSPS) is 19.4. The second-order valence-electron chi connectivity index (χ2n) is 6.40. The molecule has 142 valence electrons. The third-order valence-corrected chi connectivity index (χ3v) is 6.65. The van der Waals surface area contributed by atoms with Gasteiger partial charge in [-0.3, -0.25) is 9.36 Å². The predicted molar refractivity (Wildman–Crippen MR) is 97.8 cm³/mol. The molecule has 27 heavy (non-hydrogen) atoms. The van der Waals surface area contributed by atoms with Crippen LogP contribution in [-0.4, -0.2) is 37.0 Å². The second-order valence-corrected chi connectivity index (χ2v) is 8.70. The van der Waals surface area contributed by atoms with E-state index in [4.69, 9.17) is 18.9 Å². The van der Waals surface area contributed by atoms with Crippen LogP contribution in [0.5, 0.6) is 5.75 Å². The van der Waals surface area contributed by atoms with E-state index in [1.165, 1.54) is 24.5 Å². The first-order chi connectivity index (χ1) is 12.8. The van der Waals surface area contributed by atoms with Crippen molar-refractivity contribution in [2.45, 2.75) is 25.8 Å². The van der Waals surface area contributed by atoms with Crippen LogP contribution in [0, 0.1) is 18.3 Å². The maximum atomic E-state index is 13.1. The zero-order chi connectivity index (χ0) is 19.8. The summed E-state index contributed by atoms with van der Waals surface area (Å²) in [7, 11) is -2.05. The lowest BCUT2D eigenvalue weighted by Gasteiger charge is -2.28. The number of hydrogen-bond donors (Lipinski definition) is 0. The van der Waals surface area contributed by atoms with Crippen molar-refractivity contribution in [1.82, 2.24) is 4.67 Å². The minimum Gasteiger partial charge on any atom is -0.468 e. The van der Waals surface area contributed by atoms with Gasteiger partial charge in [-0.05, 0) is 37.5 Å². The lowest BCUT2D eigenvalue weighted by atomic mass is 10.1. The van der Waals surface area contributed by atoms with Crippen LogP contribution < -0.4 is 10.1 Å². The molecule has 3 rings (SSSR count). The molecule has 0 saturated carbocycles. The monoisotopic (exact) mass is 390 g/mol. The highest BCUT2D eigenvalue weighted by Gasteiger charge is 2.41. The van der Waals surface area contributed by atoms with Crippen LogP contribution in [0.3, 0.4) is 0 Å². The number of carbonyl (C=O) groups is 1. The Labute approximate surface area is 155 Å². The van der Waals surface area contributed by atoms with E-state index in [2.05, 4.69) is 0 Å². The van der Waals surface area contributed by atoms with Gasteiger partial charge in [0.05, 0.1) is 7.11 Å². The molecule has 1 fully saturated rings. The summed E-state index contributed by atoms with van der Waals surface area (Å²) in [5.74, 6) is -0.196. The summed E-state index contributed by atoms with van der Waals surface area (Å²) in [6.07, 6.45) is 1.26. The molecule has 2 heterocycles. The van der Waals surface area contributed by atoms with Crippen molar-refractivity contribution in [3.63, 3.8) is 0 Å². The van der Waals surface area contributed by atoms with Crippen molar-refractivity contribution in [3.05, 3.63) is 39.7 Å². The summed E-state index contributed by atoms with van der Waals surface area (Å²) in [5, 5.41) is 9.66. The molecule has 0 bridgehead atoms. The Hall–Kier alpha value is -2.62. The van der Waals surface area contributed by atoms with E-state index in [1.54, 1.807) is 19.1 Å². The molecule has 0 amide bonds. The fraction of sp³-hybridized carbons (Fsp3) is 0.389. The standard InChI is InChI=1S/C18H19N2O6P/c1-11-13-7-6-12(9-16(13)25-17(21)14(11)10-19)26-27(3,23)20-8-4-5-15(20)18(22)24-2/h6-7,9,15H,4-5,8H2,1-3H3/t15-,27?/m0/s1. The Balaban J connectivity index is 1.94. The molecule has 9 heteroatoms. The van der Waals surface area contributed by atoms with Gasteiger partial charge in [0, 0.05) is 24.7 Å². The highest BCUT2D eigenvalue weighted by Crippen LogP contribution is 2.51. The summed E-state index contributed by atoms with van der Waals surface area (Å²) in [4.78, 5) is 23.8. The van der Waals surface area contributed by atoms with E-state index < -0.39 is 25.2 Å². The molecular weight excluding hydrogens is 371 g/mol. The summed E-state index contributed by atoms with van der Waals surface area (Å²) in [6, 6.07) is 5.93. The first kappa shape index (κ1) is 19.2. The van der Waals surface area contributed by atoms with E-state index >= 15 is 0 Å². The van der Waals surface area contributed by atoms with Gasteiger partial charge in [0.15, 0.2) is 0 Å². The van der Waals surface area contributed by atoms with Crippen molar-refractivity contribution in [2.75, 3.05) is 20.3 Å². The van der Waals surface area contributed by atoms with Gasteiger partial charge < -0.3 is 13.7 Å². The topological polar surface area (TPSA) is 110 Å². The Morgan fingerprint density at radius 1 is 1.44 bits per heavy atom. The van der Waals surface area contributed by atoms with Gasteiger partial charge in [0.25, 0.3) is 0 Å². The molecule has 8 nitrogen and oxygen atoms in total. The maximum absolute atomic E-state index is 13.1. The molecule has 1 aromatic heterocycles. The molecule has 0 aliphatic carbocycles. The molecule has 1 unspecified atom stereocenters. The summed E-state index contributed by atoms with van der Waals surface area (Å²) in [5.41, 5.74) is -0.0276. The third-order valence-electron chi connectivity index (χ3n) is 4.69. The van der Waals surface area contributed by atoms with Crippen LogP contribution in [-0.2, 0) is 14.1 Å². The fourth-order valence-electron chi connectivity index (χ4n) is 3.33. The third kappa shape index (κ3) is 3.48. The number of benzene rings is 1. The van der Waals surface area contributed by atoms with Crippen LogP contribution in [0.25, 0.3) is 11.0 Å². The zero-order valence-corrected chi connectivity index (χ0v) is 16.1. The number of fused-ring (bicyclic) bond motifs is 1. The van der Waals surface area contributed by atoms with E-state index in [-0.39, 0.29) is 16.9 Å². The average Bonchev–Trinajstić information content (AvgIpc) is 3.11. The van der Waals surface area contributed by atoms with Gasteiger partial charge in [-0.1, -0.05) is 0 Å². The quantitative estimate of drug-likeness (QED) is 0.445. The van der Waals surface area contributed by atoms with Crippen molar-refractivity contribution >= 4 is 24.5 Å². The molecule has 1 saturated heterocycles. The molecular formula is C18H19N2O6P. The minimum absolute atomic E-state index is 0.0460. The van der Waals surface area contributed by atoms with E-state index in [9.17, 15) is 14.2 Å². The van der Waals surface area contributed by atoms with Gasteiger partial charge in [-0.15, -0.1) is 0 Å². The van der Waals surface area contributed by atoms with E-state index in [0.717, 1.165) is 0 Å². The Morgan fingerprint density at radius 2 is 2.19 bits per heavy atom. The molecule has 2 atom stereocenters. The Bertz CT molecular complexity index is 1050. The number of esters is 1. The molecule has 0 spiro atoms. The SMILES string of the molecule is COC(=O)[C@@H]1CCCN1P(C)(=O)Oc1ccc2c(C)c(C#N)c(=O)oc2c1. The van der Waals surface area contributed by atoms with E-state index in [0.29, 0.717) is 30.3 Å². The van der Waals surface area contributed by atoms with Gasteiger partial charge in [-0.2, -0.15) is 5.26 Å². The number of nitrogens with zero attached hydrogens (tertiary/aromatic N) is 2. The number of nitriles is 1. The number of aryl methyl sites for hydroxylation is 1. The van der Waals surface area contributed by atoms with Crippen LogP contribution >= 0.6 is 7.52 Å². The van der Waals surface area contributed by atoms with Gasteiger partial charge in [0.1, 0.15) is 29.0 Å². The van der Waals surface area contributed by atoms with Crippen LogP contribution in [0.15, 0.2) is 27.4 Å². The predicted octanol–water partition coefficient (Wildman–Crippen LogP) is 2.81. The first-order valence-corrected chi connectivity index (χ1v) is 10.4. The lowest BCUT2D eigenvalue weighted by Crippen LogP contribution is -2.35. The number of carbonyl (C=O) groups excluding carboxylic acids is 1. The number of hydrogen-bond acceptors (Lipinski definition) is 7. The van der Waals surface area contributed by atoms with Crippen molar-refractivity contribution in [1.29, 1.82) is 5.26 Å². The molecule has 1 aromatic carbocycles. The van der Waals surface area contributed by atoms with Crippen LogP contribution in [0.2, 0.25) is 0 Å². The molecule has 2 aromatic rings. The zero-order valence-electron chi connectivity index (χ0n) is 15.2. The molecule has 0 N–H and O–H groups in total. The number of methoxy groups -OCH3 is 1. The minimum atomic E-state index is -3.34. The lowest BCUT2D eigenvalue weighted by molar-refractivity contribution is -0.144. The van der Waals surface area contributed by atoms with Gasteiger partial charge in [-0.25, -0.2) is 9.46 Å². The Morgan fingerprint density at radius 3 is 2.85 bits per heavy atom. The summed E-state index contributed by atoms with van der Waals surface area (Å²) in [6.45, 7) is 3.56. The molecule has 1 aliphatic heterocycles. The second kappa shape index (κ2) is 7.18. The van der Waals surface area contributed by atoms with Gasteiger partial charge in [0.2, 0.25) is 0 Å². The van der Waals surface area contributed by atoms with Crippen LogP contribution in [0.4, 0.5) is 0 Å². The highest BCUT2D eigenvalue weighted by atomic mass is 31.2. The number of ether oxygens (including phenoxy) is 1. The number of rotatable bonds is 4. The Kier molecular flexibility index (Phi) is 5.09. The highest BCUT2D eigenvalue weighted by molar-refractivity contribution is 7.56.